The first kappa shape index (κ1) is 18.9. The second-order valence-electron chi connectivity index (χ2n) is 6.90. The molecule has 1 unspecified atom stereocenters. The molecule has 1 aromatic carbocycles. The summed E-state index contributed by atoms with van der Waals surface area (Å²) in [5.41, 5.74) is 1.70. The molecule has 7 heteroatoms. The van der Waals surface area contributed by atoms with E-state index in [9.17, 15) is 15.2 Å². The fourth-order valence-electron chi connectivity index (χ4n) is 3.66. The molecule has 2 aromatic rings. The molecular formula is C20H25N4O3+. The number of para-hydroxylation sites is 2. The lowest BCUT2D eigenvalue weighted by Crippen LogP contribution is -3.17. The molecule has 0 aliphatic carbocycles. The summed E-state index contributed by atoms with van der Waals surface area (Å²) in [5, 5.41) is 20.4. The normalized spacial score (nSPS) is 22.0. The highest BCUT2D eigenvalue weighted by molar-refractivity contribution is 5.82. The van der Waals surface area contributed by atoms with Crippen LogP contribution in [0.3, 0.4) is 0 Å². The van der Waals surface area contributed by atoms with E-state index in [-0.39, 0.29) is 29.3 Å². The number of nitrogens with one attached hydrogen (secondary N) is 2. The number of benzene rings is 1. The molecule has 2 heterocycles. The third-order valence-corrected chi connectivity index (χ3v) is 5.20. The minimum Gasteiger partial charge on any atom is -0.505 e. The molecule has 27 heavy (non-hydrogen) atoms. The van der Waals surface area contributed by atoms with E-state index in [1.54, 1.807) is 6.92 Å². The zero-order valence-electron chi connectivity index (χ0n) is 15.7. The summed E-state index contributed by atoms with van der Waals surface area (Å²) < 4.78 is 5.15. The second kappa shape index (κ2) is 8.23. The van der Waals surface area contributed by atoms with Crippen LogP contribution in [0, 0.1) is 17.2 Å². The smallest absolute Gasteiger partial charge is 0.314 e. The van der Waals surface area contributed by atoms with Crippen molar-refractivity contribution >= 4 is 22.6 Å². The molecule has 3 N–H and O–H groups in total. The molecular weight excluding hydrogens is 344 g/mol. The van der Waals surface area contributed by atoms with Crippen molar-refractivity contribution in [3.05, 3.63) is 35.8 Å². The zero-order chi connectivity index (χ0) is 19.4. The minimum absolute atomic E-state index is 0.00364. The Labute approximate surface area is 158 Å². The average Bonchev–Trinajstić information content (AvgIpc) is 3.11. The molecule has 3 rings (SSSR count). The topological polar surface area (TPSA) is 103 Å². The number of likely N-dealkylation sites (tertiary alicyclic amines) is 1. The molecule has 0 amide bonds. The first-order valence-corrected chi connectivity index (χ1v) is 9.34. The molecule has 0 spiro atoms. The van der Waals surface area contributed by atoms with Crippen LogP contribution >= 0.6 is 0 Å². The van der Waals surface area contributed by atoms with Crippen LogP contribution in [-0.4, -0.2) is 46.8 Å². The first-order valence-electron chi connectivity index (χ1n) is 9.34. The van der Waals surface area contributed by atoms with Crippen LogP contribution in [0.1, 0.15) is 32.5 Å². The Kier molecular flexibility index (Phi) is 5.77. The molecule has 0 saturated carbocycles. The highest BCUT2D eigenvalue weighted by Gasteiger charge is 2.34. The minimum atomic E-state index is -0.315. The van der Waals surface area contributed by atoms with Crippen molar-refractivity contribution in [3.63, 3.8) is 0 Å². The number of rotatable bonds is 5. The number of aliphatic hydroxyl groups excluding tert-OH is 1. The largest absolute Gasteiger partial charge is 0.505 e. The number of fused-ring (bicyclic) bond motifs is 1. The van der Waals surface area contributed by atoms with Gasteiger partial charge in [-0.1, -0.05) is 12.1 Å². The van der Waals surface area contributed by atoms with Gasteiger partial charge in [0.05, 0.1) is 30.7 Å². The number of nitrogens with zero attached hydrogens (tertiary/aromatic N) is 2. The van der Waals surface area contributed by atoms with Crippen LogP contribution in [0.4, 0.5) is 0 Å². The number of nitriles is 1. The predicted molar refractivity (Wildman–Crippen MR) is 101 cm³/mol. The molecule has 0 radical (unpaired) electrons. The Morgan fingerprint density at radius 3 is 3.00 bits per heavy atom. The highest BCUT2D eigenvalue weighted by Crippen LogP contribution is 2.20. The lowest BCUT2D eigenvalue weighted by Gasteiger charge is -2.32. The SMILES string of the molecule is CCOC(=O)[C@H]1CCC[NH+]([C@@H](C)/C(O)=C(\C#N)c2nc3ccccc3[nH]2)C1. The Balaban J connectivity index is 1.84. The monoisotopic (exact) mass is 369 g/mol. The summed E-state index contributed by atoms with van der Waals surface area (Å²) in [6.07, 6.45) is 1.68. The van der Waals surface area contributed by atoms with Crippen molar-refractivity contribution in [2.45, 2.75) is 32.7 Å². The van der Waals surface area contributed by atoms with Gasteiger partial charge in [0.25, 0.3) is 0 Å². The summed E-state index contributed by atoms with van der Waals surface area (Å²) in [6, 6.07) is 9.26. The number of piperidine rings is 1. The number of ether oxygens (including phenoxy) is 1. The fraction of sp³-hybridized carbons (Fsp3) is 0.450. The lowest BCUT2D eigenvalue weighted by atomic mass is 9.96. The van der Waals surface area contributed by atoms with Crippen LogP contribution < -0.4 is 4.90 Å². The van der Waals surface area contributed by atoms with E-state index in [1.165, 1.54) is 0 Å². The van der Waals surface area contributed by atoms with Gasteiger partial charge in [-0.05, 0) is 38.8 Å². The summed E-state index contributed by atoms with van der Waals surface area (Å²) in [6.45, 7) is 5.46. The maximum absolute atomic E-state index is 12.1. The number of carbonyl (C=O) groups is 1. The molecule has 142 valence electrons. The van der Waals surface area contributed by atoms with E-state index in [2.05, 4.69) is 16.0 Å². The Bertz CT molecular complexity index is 863. The number of carbonyl (C=O) groups excluding carboxylic acids is 1. The molecule has 0 bridgehead atoms. The standard InChI is InChI=1S/C20H24N4O3/c1-3-27-20(26)14-7-6-10-24(12-14)13(2)18(25)15(11-21)19-22-16-8-4-5-9-17(16)23-19/h4-5,8-9,13-14,25H,3,6-7,10,12H2,1-2H3,(H,22,23)/p+1/b18-15-/t13-,14-/m0/s1. The van der Waals surface area contributed by atoms with Gasteiger partial charge in [0.1, 0.15) is 23.6 Å². The van der Waals surface area contributed by atoms with Gasteiger partial charge in [0.2, 0.25) is 0 Å². The quantitative estimate of drug-likeness (QED) is 0.422. The van der Waals surface area contributed by atoms with Crippen molar-refractivity contribution in [3.8, 4) is 6.07 Å². The van der Waals surface area contributed by atoms with Crippen molar-refractivity contribution < 1.29 is 19.5 Å². The van der Waals surface area contributed by atoms with Crippen LogP contribution in [0.2, 0.25) is 0 Å². The van der Waals surface area contributed by atoms with Crippen molar-refractivity contribution in [2.75, 3.05) is 19.7 Å². The fourth-order valence-corrected chi connectivity index (χ4v) is 3.66. The van der Waals surface area contributed by atoms with Crippen LogP contribution in [-0.2, 0) is 9.53 Å². The molecule has 1 fully saturated rings. The maximum atomic E-state index is 12.1. The Morgan fingerprint density at radius 2 is 2.30 bits per heavy atom. The van der Waals surface area contributed by atoms with E-state index in [0.29, 0.717) is 19.0 Å². The zero-order valence-corrected chi connectivity index (χ0v) is 15.7. The molecule has 7 nitrogen and oxygen atoms in total. The van der Waals surface area contributed by atoms with Gasteiger partial charge in [-0.15, -0.1) is 0 Å². The molecule has 1 aromatic heterocycles. The van der Waals surface area contributed by atoms with Crippen LogP contribution in [0.15, 0.2) is 30.0 Å². The van der Waals surface area contributed by atoms with E-state index >= 15 is 0 Å². The van der Waals surface area contributed by atoms with Gasteiger partial charge in [0.15, 0.2) is 11.6 Å². The van der Waals surface area contributed by atoms with Crippen molar-refractivity contribution in [1.82, 2.24) is 9.97 Å². The van der Waals surface area contributed by atoms with Gasteiger partial charge < -0.3 is 19.7 Å². The van der Waals surface area contributed by atoms with E-state index in [1.807, 2.05) is 31.2 Å². The molecule has 1 aliphatic rings. The maximum Gasteiger partial charge on any atom is 0.314 e. The summed E-state index contributed by atoms with van der Waals surface area (Å²) in [5.74, 6) is 0.0151. The van der Waals surface area contributed by atoms with E-state index in [4.69, 9.17) is 4.74 Å². The van der Waals surface area contributed by atoms with Crippen LogP contribution in [0.5, 0.6) is 0 Å². The number of aliphatic hydroxyl groups is 1. The average molecular weight is 369 g/mol. The number of aromatic nitrogens is 2. The van der Waals surface area contributed by atoms with Crippen molar-refractivity contribution in [1.29, 1.82) is 5.26 Å². The van der Waals surface area contributed by atoms with Gasteiger partial charge >= 0.3 is 5.97 Å². The van der Waals surface area contributed by atoms with Gasteiger partial charge in [-0.2, -0.15) is 5.26 Å². The lowest BCUT2D eigenvalue weighted by molar-refractivity contribution is -0.926. The second-order valence-corrected chi connectivity index (χ2v) is 6.90. The number of quaternary nitrogens is 1. The first-order chi connectivity index (χ1) is 13.0. The number of hydrogen-bond acceptors (Lipinski definition) is 5. The third kappa shape index (κ3) is 3.96. The number of allylic oxidation sites excluding steroid dienone is 1. The van der Waals surface area contributed by atoms with E-state index in [0.717, 1.165) is 35.3 Å². The Morgan fingerprint density at radius 1 is 1.52 bits per heavy atom. The van der Waals surface area contributed by atoms with Gasteiger partial charge in [-0.3, -0.25) is 4.79 Å². The number of H-pyrrole nitrogens is 1. The predicted octanol–water partition coefficient (Wildman–Crippen LogP) is 1.60. The number of esters is 1. The molecule has 1 saturated heterocycles. The summed E-state index contributed by atoms with van der Waals surface area (Å²) >= 11 is 0. The summed E-state index contributed by atoms with van der Waals surface area (Å²) in [4.78, 5) is 20.7. The van der Waals surface area contributed by atoms with Crippen molar-refractivity contribution in [2.24, 2.45) is 5.92 Å². The highest BCUT2D eigenvalue weighted by atomic mass is 16.5. The van der Waals surface area contributed by atoms with Crippen LogP contribution in [0.25, 0.3) is 16.6 Å². The number of hydrogen-bond donors (Lipinski definition) is 3. The number of aromatic amines is 1. The van der Waals surface area contributed by atoms with Gasteiger partial charge in [-0.25, -0.2) is 4.98 Å². The molecule has 3 atom stereocenters. The Hall–Kier alpha value is -2.85. The molecule has 1 aliphatic heterocycles. The van der Waals surface area contributed by atoms with Gasteiger partial charge in [0, 0.05) is 0 Å². The van der Waals surface area contributed by atoms with E-state index < -0.39 is 0 Å². The third-order valence-electron chi connectivity index (χ3n) is 5.20. The number of imidazole rings is 1. The summed E-state index contributed by atoms with van der Waals surface area (Å²) in [7, 11) is 0.